The summed E-state index contributed by atoms with van der Waals surface area (Å²) in [7, 11) is 0. The van der Waals surface area contributed by atoms with Gasteiger partial charge in [-0.15, -0.1) is 0 Å². The Morgan fingerprint density at radius 1 is 1.22 bits per heavy atom. The molecule has 0 saturated carbocycles. The molecule has 2 nitrogen and oxygen atoms in total. The fraction of sp³-hybridized carbons (Fsp3) is 0.182. The molecule has 7 heteroatoms. The standard InChI is InChI=1S/C11H7BrF4N2/c12-9-5-8(13)2-1-7(9)6-18-4-3-10(17-18)11(14,15)16/h1-5H,6H2. The van der Waals surface area contributed by atoms with Crippen LogP contribution in [0.2, 0.25) is 0 Å². The van der Waals surface area contributed by atoms with Crippen molar-refractivity contribution in [3.05, 3.63) is 52.0 Å². The molecule has 1 aromatic heterocycles. The Labute approximate surface area is 108 Å². The quantitative estimate of drug-likeness (QED) is 0.768. The van der Waals surface area contributed by atoms with Gasteiger partial charge in [0.2, 0.25) is 0 Å². The van der Waals surface area contributed by atoms with E-state index in [4.69, 9.17) is 0 Å². The lowest BCUT2D eigenvalue weighted by atomic mass is 10.2. The number of rotatable bonds is 2. The second-order valence-corrected chi connectivity index (χ2v) is 4.49. The zero-order chi connectivity index (χ0) is 13.3. The lowest BCUT2D eigenvalue weighted by Gasteiger charge is -2.05. The van der Waals surface area contributed by atoms with Crippen LogP contribution in [0.4, 0.5) is 17.6 Å². The maximum absolute atomic E-state index is 12.8. The summed E-state index contributed by atoms with van der Waals surface area (Å²) in [4.78, 5) is 0. The van der Waals surface area contributed by atoms with Crippen LogP contribution in [0.3, 0.4) is 0 Å². The van der Waals surface area contributed by atoms with Crippen molar-refractivity contribution in [3.63, 3.8) is 0 Å². The zero-order valence-corrected chi connectivity index (χ0v) is 10.5. The van der Waals surface area contributed by atoms with Crippen molar-refractivity contribution in [1.82, 2.24) is 9.78 Å². The van der Waals surface area contributed by atoms with Gasteiger partial charge in [0.25, 0.3) is 0 Å². The first-order valence-electron chi connectivity index (χ1n) is 4.91. The summed E-state index contributed by atoms with van der Waals surface area (Å²) in [6, 6.07) is 4.89. The molecule has 0 unspecified atom stereocenters. The Hall–Kier alpha value is -1.37. The predicted molar refractivity (Wildman–Crippen MR) is 60.4 cm³/mol. The van der Waals surface area contributed by atoms with Crippen molar-refractivity contribution in [2.75, 3.05) is 0 Å². The molecule has 0 aliphatic heterocycles. The van der Waals surface area contributed by atoms with Crippen molar-refractivity contribution in [2.24, 2.45) is 0 Å². The summed E-state index contributed by atoms with van der Waals surface area (Å²) in [6.45, 7) is 0.136. The molecular formula is C11H7BrF4N2. The Morgan fingerprint density at radius 2 is 1.94 bits per heavy atom. The highest BCUT2D eigenvalue weighted by Crippen LogP contribution is 2.27. The summed E-state index contributed by atoms with van der Waals surface area (Å²) in [5.74, 6) is -0.415. The van der Waals surface area contributed by atoms with Crippen LogP contribution in [-0.4, -0.2) is 9.78 Å². The van der Waals surface area contributed by atoms with Crippen LogP contribution in [-0.2, 0) is 12.7 Å². The molecule has 0 fully saturated rings. The van der Waals surface area contributed by atoms with Gasteiger partial charge in [0.15, 0.2) is 5.69 Å². The fourth-order valence-electron chi connectivity index (χ4n) is 1.43. The monoisotopic (exact) mass is 322 g/mol. The highest BCUT2D eigenvalue weighted by molar-refractivity contribution is 9.10. The first-order chi connectivity index (χ1) is 8.36. The van der Waals surface area contributed by atoms with E-state index in [1.54, 1.807) is 0 Å². The molecule has 1 aromatic carbocycles. The Balaban J connectivity index is 2.21. The Morgan fingerprint density at radius 3 is 2.50 bits per heavy atom. The van der Waals surface area contributed by atoms with Crippen molar-refractivity contribution < 1.29 is 17.6 Å². The molecule has 0 bridgehead atoms. The van der Waals surface area contributed by atoms with Gasteiger partial charge in [-0.2, -0.15) is 18.3 Å². The van der Waals surface area contributed by atoms with E-state index < -0.39 is 17.7 Å². The van der Waals surface area contributed by atoms with E-state index in [1.165, 1.54) is 24.4 Å². The van der Waals surface area contributed by atoms with Gasteiger partial charge in [0.05, 0.1) is 6.54 Å². The lowest BCUT2D eigenvalue weighted by molar-refractivity contribution is -0.141. The molecule has 0 atom stereocenters. The summed E-state index contributed by atoms with van der Waals surface area (Å²) in [5.41, 5.74) is -0.297. The highest BCUT2D eigenvalue weighted by atomic mass is 79.9. The summed E-state index contributed by atoms with van der Waals surface area (Å²) >= 11 is 3.15. The number of benzene rings is 1. The van der Waals surface area contributed by atoms with Gasteiger partial charge in [-0.05, 0) is 23.8 Å². The molecule has 0 spiro atoms. The number of hydrogen-bond acceptors (Lipinski definition) is 1. The van der Waals surface area contributed by atoms with E-state index in [0.717, 1.165) is 10.7 Å². The Kier molecular flexibility index (Phi) is 3.43. The molecular weight excluding hydrogens is 316 g/mol. The molecule has 0 amide bonds. The van der Waals surface area contributed by atoms with E-state index in [-0.39, 0.29) is 6.54 Å². The van der Waals surface area contributed by atoms with Crippen LogP contribution in [0.25, 0.3) is 0 Å². The van der Waals surface area contributed by atoms with Crippen LogP contribution in [0.5, 0.6) is 0 Å². The zero-order valence-electron chi connectivity index (χ0n) is 8.88. The molecule has 0 aliphatic carbocycles. The van der Waals surface area contributed by atoms with Crippen molar-refractivity contribution in [2.45, 2.75) is 12.7 Å². The number of aromatic nitrogens is 2. The van der Waals surface area contributed by atoms with Crippen LogP contribution >= 0.6 is 15.9 Å². The molecule has 0 aliphatic rings. The third kappa shape index (κ3) is 2.90. The van der Waals surface area contributed by atoms with Crippen molar-refractivity contribution in [1.29, 1.82) is 0 Å². The topological polar surface area (TPSA) is 17.8 Å². The minimum atomic E-state index is -4.45. The molecule has 2 aromatic rings. The van der Waals surface area contributed by atoms with E-state index in [0.29, 0.717) is 10.0 Å². The second-order valence-electron chi connectivity index (χ2n) is 3.63. The van der Waals surface area contributed by atoms with Crippen LogP contribution in [0.1, 0.15) is 11.3 Å². The first kappa shape index (κ1) is 13.1. The smallest absolute Gasteiger partial charge is 0.268 e. The normalized spacial score (nSPS) is 11.8. The molecule has 0 saturated heterocycles. The molecule has 2 rings (SSSR count). The second kappa shape index (κ2) is 4.72. The molecule has 1 heterocycles. The van der Waals surface area contributed by atoms with E-state index in [2.05, 4.69) is 21.0 Å². The van der Waals surface area contributed by atoms with Gasteiger partial charge < -0.3 is 0 Å². The Bertz CT molecular complexity index is 562. The minimum Gasteiger partial charge on any atom is -0.268 e. The molecule has 0 radical (unpaired) electrons. The van der Waals surface area contributed by atoms with Crippen molar-refractivity contribution in [3.8, 4) is 0 Å². The average molecular weight is 323 g/mol. The number of alkyl halides is 3. The van der Waals surface area contributed by atoms with Gasteiger partial charge in [-0.1, -0.05) is 22.0 Å². The van der Waals surface area contributed by atoms with Gasteiger partial charge in [-0.3, -0.25) is 4.68 Å². The third-order valence-corrected chi connectivity index (χ3v) is 3.02. The van der Waals surface area contributed by atoms with E-state index >= 15 is 0 Å². The van der Waals surface area contributed by atoms with Crippen LogP contribution < -0.4 is 0 Å². The largest absolute Gasteiger partial charge is 0.435 e. The molecule has 18 heavy (non-hydrogen) atoms. The van der Waals surface area contributed by atoms with Gasteiger partial charge in [0.1, 0.15) is 5.82 Å². The SMILES string of the molecule is Fc1ccc(Cn2ccc(C(F)(F)F)n2)c(Br)c1. The summed E-state index contributed by atoms with van der Waals surface area (Å²) in [5, 5.41) is 3.42. The maximum Gasteiger partial charge on any atom is 0.435 e. The molecule has 0 N–H and O–H groups in total. The average Bonchev–Trinajstić information content (AvgIpc) is 2.70. The number of hydrogen-bond donors (Lipinski definition) is 0. The summed E-state index contributed by atoms with van der Waals surface area (Å²) in [6.07, 6.45) is -3.22. The van der Waals surface area contributed by atoms with Crippen LogP contribution in [0, 0.1) is 5.82 Å². The minimum absolute atomic E-state index is 0.136. The van der Waals surface area contributed by atoms with Crippen LogP contribution in [0.15, 0.2) is 34.9 Å². The van der Waals surface area contributed by atoms with Gasteiger partial charge in [-0.25, -0.2) is 4.39 Å². The fourth-order valence-corrected chi connectivity index (χ4v) is 1.90. The molecule has 96 valence electrons. The van der Waals surface area contributed by atoms with Crippen molar-refractivity contribution >= 4 is 15.9 Å². The van der Waals surface area contributed by atoms with Gasteiger partial charge in [0, 0.05) is 10.7 Å². The third-order valence-electron chi connectivity index (χ3n) is 2.28. The number of nitrogens with zero attached hydrogens (tertiary/aromatic N) is 2. The summed E-state index contributed by atoms with van der Waals surface area (Å²) < 4.78 is 51.5. The maximum atomic E-state index is 12.8. The van der Waals surface area contributed by atoms with E-state index in [1.807, 2.05) is 0 Å². The number of halogens is 5. The highest BCUT2D eigenvalue weighted by Gasteiger charge is 2.33. The first-order valence-corrected chi connectivity index (χ1v) is 5.70. The van der Waals surface area contributed by atoms with E-state index in [9.17, 15) is 17.6 Å². The lowest BCUT2D eigenvalue weighted by Crippen LogP contribution is -2.08. The van der Waals surface area contributed by atoms with Gasteiger partial charge >= 0.3 is 6.18 Å². The predicted octanol–water partition coefficient (Wildman–Crippen LogP) is 3.85.